The van der Waals surface area contributed by atoms with E-state index in [4.69, 9.17) is 11.5 Å². The number of nitrogens with one attached hydrogen (secondary N) is 1. The van der Waals surface area contributed by atoms with E-state index in [0.717, 1.165) is 30.5 Å². The van der Waals surface area contributed by atoms with Crippen molar-refractivity contribution >= 4 is 28.8 Å². The molecule has 0 aliphatic heterocycles. The molecule has 2 aromatic rings. The molecular weight excluding hydrogens is 298 g/mol. The number of amides is 2. The topological polar surface area (TPSA) is 98.2 Å². The highest BCUT2D eigenvalue weighted by molar-refractivity contribution is 7.12. The molecule has 1 aliphatic rings. The first-order valence-corrected chi connectivity index (χ1v) is 8.00. The number of anilines is 1. The summed E-state index contributed by atoms with van der Waals surface area (Å²) in [6, 6.07) is 7.34. The van der Waals surface area contributed by atoms with E-state index in [1.165, 1.54) is 23.0 Å². The number of aryl methyl sites for hydroxylation is 1. The second-order valence-electron chi connectivity index (χ2n) is 5.44. The Kier molecular flexibility index (Phi) is 3.85. The number of nitrogens with two attached hydrogens (primary N) is 2. The molecule has 0 bridgehead atoms. The van der Waals surface area contributed by atoms with Crippen LogP contribution in [0.1, 0.15) is 50.0 Å². The van der Waals surface area contributed by atoms with Crippen molar-refractivity contribution in [1.82, 2.24) is 5.32 Å². The molecule has 0 fully saturated rings. The predicted molar refractivity (Wildman–Crippen MR) is 86.8 cm³/mol. The molecule has 1 aromatic heterocycles. The minimum absolute atomic E-state index is 0.0176. The lowest BCUT2D eigenvalue weighted by Crippen LogP contribution is -2.30. The maximum absolute atomic E-state index is 12.3. The Bertz CT molecular complexity index is 739. The highest BCUT2D eigenvalue weighted by Gasteiger charge is 2.23. The van der Waals surface area contributed by atoms with Crippen LogP contribution in [0.2, 0.25) is 0 Å². The molecule has 5 N–H and O–H groups in total. The van der Waals surface area contributed by atoms with Gasteiger partial charge in [-0.25, -0.2) is 0 Å². The van der Waals surface area contributed by atoms with Crippen LogP contribution in [0.4, 0.5) is 5.69 Å². The summed E-state index contributed by atoms with van der Waals surface area (Å²) in [6.07, 6.45) is 2.90. The van der Waals surface area contributed by atoms with E-state index in [1.54, 1.807) is 5.38 Å². The van der Waals surface area contributed by atoms with Crippen LogP contribution >= 0.6 is 11.3 Å². The van der Waals surface area contributed by atoms with E-state index in [-0.39, 0.29) is 11.9 Å². The molecule has 5 nitrogen and oxygen atoms in total. The molecule has 0 spiro atoms. The Labute approximate surface area is 132 Å². The van der Waals surface area contributed by atoms with E-state index in [2.05, 4.69) is 5.32 Å². The minimum Gasteiger partial charge on any atom is -0.399 e. The number of carbonyl (C=O) groups is 2. The molecule has 1 heterocycles. The Morgan fingerprint density at radius 3 is 2.82 bits per heavy atom. The maximum atomic E-state index is 12.3. The average molecular weight is 315 g/mol. The van der Waals surface area contributed by atoms with Gasteiger partial charge in [0.2, 0.25) is 5.91 Å². The lowest BCUT2D eigenvalue weighted by Gasteiger charge is -2.26. The number of fused-ring (bicyclic) bond motifs is 1. The van der Waals surface area contributed by atoms with Crippen molar-refractivity contribution in [3.05, 3.63) is 51.2 Å². The Morgan fingerprint density at radius 1 is 1.27 bits per heavy atom. The molecule has 1 aromatic carbocycles. The fraction of sp³-hybridized carbons (Fsp3) is 0.250. The predicted octanol–water partition coefficient (Wildman–Crippen LogP) is 2.24. The van der Waals surface area contributed by atoms with Crippen LogP contribution in [-0.2, 0) is 6.42 Å². The molecule has 3 rings (SSSR count). The molecule has 0 saturated carbocycles. The first-order chi connectivity index (χ1) is 10.5. The van der Waals surface area contributed by atoms with E-state index in [0.29, 0.717) is 10.4 Å². The Hall–Kier alpha value is -2.34. The number of nitrogen functional groups attached to an aromatic ring is 1. The van der Waals surface area contributed by atoms with E-state index in [9.17, 15) is 9.59 Å². The van der Waals surface area contributed by atoms with Crippen LogP contribution in [0.5, 0.6) is 0 Å². The summed E-state index contributed by atoms with van der Waals surface area (Å²) in [5, 5.41) is 4.65. The second kappa shape index (κ2) is 5.81. The van der Waals surface area contributed by atoms with Gasteiger partial charge in [0.15, 0.2) is 0 Å². The molecule has 6 heteroatoms. The molecule has 22 heavy (non-hydrogen) atoms. The van der Waals surface area contributed by atoms with Gasteiger partial charge >= 0.3 is 0 Å². The van der Waals surface area contributed by atoms with Gasteiger partial charge < -0.3 is 16.8 Å². The molecule has 1 aliphatic carbocycles. The number of benzene rings is 1. The second-order valence-corrected chi connectivity index (χ2v) is 6.35. The van der Waals surface area contributed by atoms with Crippen LogP contribution in [0, 0.1) is 0 Å². The monoisotopic (exact) mass is 315 g/mol. The SMILES string of the molecule is NC(=O)c1csc(C(=O)NC2CCCc3cc(N)ccc32)c1. The standard InChI is InChI=1S/C16H17N3O2S/c17-11-4-5-12-9(6-11)2-1-3-13(12)19-16(21)14-7-10(8-22-14)15(18)20/h4-8,13H,1-3,17H2,(H2,18,20)(H,19,21). The summed E-state index contributed by atoms with van der Waals surface area (Å²) in [7, 11) is 0. The molecule has 2 amide bonds. The van der Waals surface area contributed by atoms with E-state index >= 15 is 0 Å². The maximum Gasteiger partial charge on any atom is 0.261 e. The third kappa shape index (κ3) is 2.82. The van der Waals surface area contributed by atoms with E-state index < -0.39 is 5.91 Å². The highest BCUT2D eigenvalue weighted by Crippen LogP contribution is 2.31. The zero-order valence-electron chi connectivity index (χ0n) is 12.0. The molecular formula is C16H17N3O2S. The van der Waals surface area contributed by atoms with Gasteiger partial charge in [0.1, 0.15) is 0 Å². The number of thiophene rings is 1. The number of primary amides is 1. The number of hydrogen-bond donors (Lipinski definition) is 3. The Morgan fingerprint density at radius 2 is 2.09 bits per heavy atom. The number of rotatable bonds is 3. The van der Waals surface area contributed by atoms with Crippen molar-refractivity contribution < 1.29 is 9.59 Å². The van der Waals surface area contributed by atoms with Gasteiger partial charge in [-0.05, 0) is 48.6 Å². The van der Waals surface area contributed by atoms with Gasteiger partial charge in [-0.15, -0.1) is 11.3 Å². The molecule has 0 radical (unpaired) electrons. The Balaban J connectivity index is 1.79. The minimum atomic E-state index is -0.520. The third-order valence-electron chi connectivity index (χ3n) is 3.89. The van der Waals surface area contributed by atoms with Crippen molar-refractivity contribution in [2.75, 3.05) is 5.73 Å². The average Bonchev–Trinajstić information content (AvgIpc) is 2.97. The lowest BCUT2D eigenvalue weighted by molar-refractivity contribution is 0.0937. The summed E-state index contributed by atoms with van der Waals surface area (Å²) >= 11 is 1.23. The number of carbonyl (C=O) groups excluding carboxylic acids is 2. The smallest absolute Gasteiger partial charge is 0.261 e. The van der Waals surface area contributed by atoms with Gasteiger partial charge in [0.25, 0.3) is 5.91 Å². The van der Waals surface area contributed by atoms with Gasteiger partial charge in [-0.3, -0.25) is 9.59 Å². The van der Waals surface area contributed by atoms with Crippen molar-refractivity contribution in [2.24, 2.45) is 5.73 Å². The summed E-state index contributed by atoms with van der Waals surface area (Å²) in [6.45, 7) is 0. The summed E-state index contributed by atoms with van der Waals surface area (Å²) in [5.74, 6) is -0.694. The van der Waals surface area contributed by atoms with E-state index in [1.807, 2.05) is 18.2 Å². The van der Waals surface area contributed by atoms with Crippen molar-refractivity contribution in [2.45, 2.75) is 25.3 Å². The van der Waals surface area contributed by atoms with Gasteiger partial charge in [-0.1, -0.05) is 6.07 Å². The molecule has 1 atom stereocenters. The molecule has 114 valence electrons. The summed E-state index contributed by atoms with van der Waals surface area (Å²) < 4.78 is 0. The fourth-order valence-electron chi connectivity index (χ4n) is 2.80. The lowest BCUT2D eigenvalue weighted by atomic mass is 9.87. The largest absolute Gasteiger partial charge is 0.399 e. The molecule has 0 saturated heterocycles. The summed E-state index contributed by atoms with van der Waals surface area (Å²) in [4.78, 5) is 24.0. The molecule has 1 unspecified atom stereocenters. The van der Waals surface area contributed by atoms with Crippen LogP contribution in [0.25, 0.3) is 0 Å². The number of hydrogen-bond acceptors (Lipinski definition) is 4. The first-order valence-electron chi connectivity index (χ1n) is 7.12. The van der Waals surface area contributed by atoms with Crippen molar-refractivity contribution in [3.63, 3.8) is 0 Å². The zero-order valence-corrected chi connectivity index (χ0v) is 12.8. The quantitative estimate of drug-likeness (QED) is 0.757. The van der Waals surface area contributed by atoms with Crippen molar-refractivity contribution in [1.29, 1.82) is 0 Å². The van der Waals surface area contributed by atoms with Crippen molar-refractivity contribution in [3.8, 4) is 0 Å². The van der Waals surface area contributed by atoms with Gasteiger partial charge in [0.05, 0.1) is 16.5 Å². The normalized spacial score (nSPS) is 16.8. The van der Waals surface area contributed by atoms with Crippen LogP contribution in [0.3, 0.4) is 0 Å². The van der Waals surface area contributed by atoms with Gasteiger partial charge in [-0.2, -0.15) is 0 Å². The van der Waals surface area contributed by atoms with Crippen LogP contribution in [0.15, 0.2) is 29.6 Å². The van der Waals surface area contributed by atoms with Crippen LogP contribution in [-0.4, -0.2) is 11.8 Å². The first kappa shape index (κ1) is 14.6. The fourth-order valence-corrected chi connectivity index (χ4v) is 3.60. The zero-order chi connectivity index (χ0) is 15.7. The highest BCUT2D eigenvalue weighted by atomic mass is 32.1. The summed E-state index contributed by atoms with van der Waals surface area (Å²) in [5.41, 5.74) is 14.5. The third-order valence-corrected chi connectivity index (χ3v) is 4.82. The van der Waals surface area contributed by atoms with Gasteiger partial charge in [0, 0.05) is 11.1 Å². The van der Waals surface area contributed by atoms with Crippen LogP contribution < -0.4 is 16.8 Å².